The van der Waals surface area contributed by atoms with E-state index in [2.05, 4.69) is 57.2 Å². The van der Waals surface area contributed by atoms with Gasteiger partial charge in [-0.2, -0.15) is 0 Å². The molecule has 0 bridgehead atoms. The lowest BCUT2D eigenvalue weighted by molar-refractivity contribution is -0.167. The Morgan fingerprint density at radius 1 is 0.244 bits per heavy atom. The van der Waals surface area contributed by atoms with Crippen molar-refractivity contribution < 1.29 is 28.6 Å². The van der Waals surface area contributed by atoms with Crippen LogP contribution < -0.4 is 0 Å². The molecule has 0 radical (unpaired) electrons. The molecule has 0 amide bonds. The summed E-state index contributed by atoms with van der Waals surface area (Å²) in [5.74, 6) is -0.860. The molecule has 0 heterocycles. The van der Waals surface area contributed by atoms with Gasteiger partial charge in [-0.25, -0.2) is 0 Å². The molecule has 0 aromatic rings. The van der Waals surface area contributed by atoms with Crippen molar-refractivity contribution in [2.45, 2.75) is 419 Å². The molecule has 0 rings (SSSR count). The lowest BCUT2D eigenvalue weighted by Gasteiger charge is -2.18. The van der Waals surface area contributed by atoms with Gasteiger partial charge in [-0.3, -0.25) is 14.4 Å². The first-order valence-electron chi connectivity index (χ1n) is 37.0. The fourth-order valence-corrected chi connectivity index (χ4v) is 11.3. The highest BCUT2D eigenvalue weighted by molar-refractivity contribution is 5.71. The Morgan fingerprint density at radius 2 is 0.439 bits per heavy atom. The number of hydrogen-bond acceptors (Lipinski definition) is 6. The highest BCUT2D eigenvalue weighted by Gasteiger charge is 2.19. The van der Waals surface area contributed by atoms with Crippen LogP contribution in [0.5, 0.6) is 0 Å². The summed E-state index contributed by atoms with van der Waals surface area (Å²) < 4.78 is 17.0. The molecule has 0 aromatic heterocycles. The minimum absolute atomic E-state index is 0.0728. The molecule has 0 spiro atoms. The average Bonchev–Trinajstić information content (AvgIpc) is 3.47. The van der Waals surface area contributed by atoms with E-state index in [1.165, 1.54) is 295 Å². The molecule has 0 fully saturated rings. The van der Waals surface area contributed by atoms with E-state index in [9.17, 15) is 14.4 Å². The second kappa shape index (κ2) is 71.1. The van der Waals surface area contributed by atoms with Crippen LogP contribution in [0.1, 0.15) is 412 Å². The molecule has 82 heavy (non-hydrogen) atoms. The third kappa shape index (κ3) is 68.4. The van der Waals surface area contributed by atoms with Crippen molar-refractivity contribution in [3.8, 4) is 0 Å². The summed E-state index contributed by atoms with van der Waals surface area (Å²) in [7, 11) is 0. The van der Waals surface area contributed by atoms with Gasteiger partial charge >= 0.3 is 17.9 Å². The molecule has 482 valence electrons. The zero-order chi connectivity index (χ0) is 59.2. The van der Waals surface area contributed by atoms with Gasteiger partial charge < -0.3 is 14.2 Å². The Bertz CT molecular complexity index is 1370. The van der Waals surface area contributed by atoms with Crippen LogP contribution >= 0.6 is 0 Å². The quantitative estimate of drug-likeness (QED) is 0.0261. The lowest BCUT2D eigenvalue weighted by Crippen LogP contribution is -2.30. The Morgan fingerprint density at radius 3 is 0.707 bits per heavy atom. The standard InChI is InChI=1S/C76H142O6/c1-4-7-10-13-16-19-22-25-28-30-32-33-34-35-36-37-38-39-40-41-42-44-45-48-51-54-57-60-63-66-69-75(78)81-72-73(71-80-74(77)68-65-62-59-56-53-50-47-27-24-21-18-15-12-9-6-3)82-76(79)70-67-64-61-58-55-52-49-46-43-31-29-26-23-20-17-14-11-8-5-2/h18,21,26-27,29,47,73H,4-17,19-20,22-25,28,30-46,48-72H2,1-3H3/b21-18-,29-26-,47-27-. The molecule has 0 aliphatic rings. The van der Waals surface area contributed by atoms with Gasteiger partial charge in [0.05, 0.1) is 0 Å². The number of allylic oxidation sites excluding steroid dienone is 6. The maximum atomic E-state index is 13.0. The Balaban J connectivity index is 4.19. The largest absolute Gasteiger partial charge is 0.462 e. The second-order valence-corrected chi connectivity index (χ2v) is 25.2. The van der Waals surface area contributed by atoms with Crippen LogP contribution in [0.25, 0.3) is 0 Å². The van der Waals surface area contributed by atoms with E-state index in [0.29, 0.717) is 19.3 Å². The summed E-state index contributed by atoms with van der Waals surface area (Å²) >= 11 is 0. The van der Waals surface area contributed by atoms with E-state index in [4.69, 9.17) is 14.2 Å². The minimum Gasteiger partial charge on any atom is -0.462 e. The lowest BCUT2D eigenvalue weighted by atomic mass is 10.0. The van der Waals surface area contributed by atoms with E-state index < -0.39 is 6.10 Å². The van der Waals surface area contributed by atoms with Crippen LogP contribution in [0.4, 0.5) is 0 Å². The van der Waals surface area contributed by atoms with Crippen molar-refractivity contribution in [3.05, 3.63) is 36.5 Å². The summed E-state index contributed by atoms with van der Waals surface area (Å²) in [5, 5.41) is 0. The maximum absolute atomic E-state index is 13.0. The number of carbonyl (C=O) groups excluding carboxylic acids is 3. The molecule has 0 N–H and O–H groups in total. The third-order valence-electron chi connectivity index (χ3n) is 16.9. The van der Waals surface area contributed by atoms with Crippen molar-refractivity contribution in [3.63, 3.8) is 0 Å². The van der Waals surface area contributed by atoms with Crippen molar-refractivity contribution in [1.82, 2.24) is 0 Å². The monoisotopic (exact) mass is 1150 g/mol. The van der Waals surface area contributed by atoms with Crippen molar-refractivity contribution in [2.24, 2.45) is 0 Å². The van der Waals surface area contributed by atoms with Crippen LogP contribution in [-0.2, 0) is 28.6 Å². The van der Waals surface area contributed by atoms with Crippen LogP contribution in [0.2, 0.25) is 0 Å². The first-order valence-corrected chi connectivity index (χ1v) is 37.0. The highest BCUT2D eigenvalue weighted by atomic mass is 16.6. The number of hydrogen-bond donors (Lipinski definition) is 0. The van der Waals surface area contributed by atoms with Crippen LogP contribution in [0, 0.1) is 0 Å². The maximum Gasteiger partial charge on any atom is 0.306 e. The average molecular weight is 1150 g/mol. The van der Waals surface area contributed by atoms with E-state index in [1.54, 1.807) is 0 Å². The summed E-state index contributed by atoms with van der Waals surface area (Å²) in [5.41, 5.74) is 0. The molecular formula is C76H142O6. The van der Waals surface area contributed by atoms with Crippen LogP contribution in [0.15, 0.2) is 36.5 Å². The molecular weight excluding hydrogens is 1010 g/mol. The Kier molecular flexibility index (Phi) is 69.1. The zero-order valence-corrected chi connectivity index (χ0v) is 55.5. The number of ether oxygens (including phenoxy) is 3. The van der Waals surface area contributed by atoms with Gasteiger partial charge in [-0.1, -0.05) is 353 Å². The molecule has 0 saturated heterocycles. The van der Waals surface area contributed by atoms with Gasteiger partial charge in [-0.15, -0.1) is 0 Å². The van der Waals surface area contributed by atoms with Gasteiger partial charge in [0.25, 0.3) is 0 Å². The Hall–Kier alpha value is -2.37. The number of rotatable bonds is 69. The first kappa shape index (κ1) is 79.6. The van der Waals surface area contributed by atoms with Crippen molar-refractivity contribution in [1.29, 1.82) is 0 Å². The van der Waals surface area contributed by atoms with Gasteiger partial charge in [0, 0.05) is 19.3 Å². The topological polar surface area (TPSA) is 78.9 Å². The predicted octanol–water partition coefficient (Wildman–Crippen LogP) is 25.5. The van der Waals surface area contributed by atoms with Gasteiger partial charge in [0.15, 0.2) is 6.10 Å². The van der Waals surface area contributed by atoms with Gasteiger partial charge in [0.2, 0.25) is 0 Å². The number of unbranched alkanes of at least 4 members (excludes halogenated alkanes) is 52. The molecule has 6 heteroatoms. The summed E-state index contributed by atoms with van der Waals surface area (Å²) in [6.45, 7) is 6.68. The predicted molar refractivity (Wildman–Crippen MR) is 358 cm³/mol. The van der Waals surface area contributed by atoms with Crippen LogP contribution in [0.3, 0.4) is 0 Å². The normalized spacial score (nSPS) is 12.2. The zero-order valence-electron chi connectivity index (χ0n) is 55.5. The molecule has 1 atom stereocenters. The number of esters is 3. The highest BCUT2D eigenvalue weighted by Crippen LogP contribution is 2.19. The number of carbonyl (C=O) groups is 3. The Labute approximate surface area is 512 Å². The molecule has 0 aliphatic carbocycles. The third-order valence-corrected chi connectivity index (χ3v) is 16.9. The smallest absolute Gasteiger partial charge is 0.306 e. The molecule has 6 nitrogen and oxygen atoms in total. The fourth-order valence-electron chi connectivity index (χ4n) is 11.3. The second-order valence-electron chi connectivity index (χ2n) is 25.2. The van der Waals surface area contributed by atoms with Crippen molar-refractivity contribution >= 4 is 17.9 Å². The molecule has 1 unspecified atom stereocenters. The molecule has 0 aromatic carbocycles. The van der Waals surface area contributed by atoms with E-state index in [0.717, 1.165) is 77.0 Å². The summed E-state index contributed by atoms with van der Waals surface area (Å²) in [6, 6.07) is 0. The molecule has 0 aliphatic heterocycles. The SMILES string of the molecule is CCCCC/C=C\C/C=C\CCCCCCCC(=O)OCC(COC(=O)CCCCCCCCCCCCCCCCCCCCCCCCCCCCCCCC)OC(=O)CCCCCCCCCCC/C=C\CCCCCCCC. The first-order chi connectivity index (χ1) is 40.5. The van der Waals surface area contributed by atoms with Gasteiger partial charge in [0.1, 0.15) is 13.2 Å². The summed E-state index contributed by atoms with van der Waals surface area (Å²) in [4.78, 5) is 38.5. The molecule has 0 saturated carbocycles. The van der Waals surface area contributed by atoms with Crippen molar-refractivity contribution in [2.75, 3.05) is 13.2 Å². The van der Waals surface area contributed by atoms with E-state index in [-0.39, 0.29) is 31.1 Å². The van der Waals surface area contributed by atoms with E-state index >= 15 is 0 Å². The summed E-state index contributed by atoms with van der Waals surface area (Å²) in [6.07, 6.45) is 89.1. The van der Waals surface area contributed by atoms with Crippen LogP contribution in [-0.4, -0.2) is 37.2 Å². The van der Waals surface area contributed by atoms with Gasteiger partial charge in [-0.05, 0) is 77.0 Å². The fraction of sp³-hybridized carbons (Fsp3) is 0.882. The minimum atomic E-state index is -0.778. The van der Waals surface area contributed by atoms with E-state index in [1.807, 2.05) is 0 Å².